The van der Waals surface area contributed by atoms with Crippen molar-refractivity contribution < 1.29 is 13.2 Å². The summed E-state index contributed by atoms with van der Waals surface area (Å²) in [6.45, 7) is 2.95. The highest BCUT2D eigenvalue weighted by atomic mass is 32.2. The van der Waals surface area contributed by atoms with Crippen molar-refractivity contribution >= 4 is 26.6 Å². The molecule has 1 amide bonds. The molecule has 0 radical (unpaired) electrons. The number of fused-ring (bicyclic) bond motifs is 1. The predicted molar refractivity (Wildman–Crippen MR) is 106 cm³/mol. The van der Waals surface area contributed by atoms with Gasteiger partial charge in [0.25, 0.3) is 0 Å². The highest BCUT2D eigenvalue weighted by Crippen LogP contribution is 2.22. The number of aromatic nitrogens is 1. The summed E-state index contributed by atoms with van der Waals surface area (Å²) in [5.41, 5.74) is 2.41. The first-order valence-corrected chi connectivity index (χ1v) is 11.5. The molecule has 0 saturated carbocycles. The maximum Gasteiger partial charge on any atom is 0.222 e. The summed E-state index contributed by atoms with van der Waals surface area (Å²) in [5.74, 6) is 0.783. The number of sulfone groups is 1. The Balaban J connectivity index is 1.31. The van der Waals surface area contributed by atoms with Gasteiger partial charge < -0.3 is 9.47 Å². The minimum absolute atomic E-state index is 0.142. The lowest BCUT2D eigenvalue weighted by Crippen LogP contribution is -2.52. The highest BCUT2D eigenvalue weighted by Gasteiger charge is 2.34. The number of nitrogens with zero attached hydrogens (tertiary/aromatic N) is 3. The molecule has 1 aromatic carbocycles. The molecule has 27 heavy (non-hydrogen) atoms. The molecule has 1 aromatic heterocycles. The van der Waals surface area contributed by atoms with Crippen LogP contribution in [0.4, 0.5) is 0 Å². The second kappa shape index (κ2) is 7.28. The predicted octanol–water partition coefficient (Wildman–Crippen LogP) is 1.44. The average molecular weight is 390 g/mol. The van der Waals surface area contributed by atoms with E-state index in [4.69, 9.17) is 0 Å². The van der Waals surface area contributed by atoms with Crippen molar-refractivity contribution in [2.24, 2.45) is 7.05 Å². The van der Waals surface area contributed by atoms with Gasteiger partial charge in [-0.1, -0.05) is 18.2 Å². The molecule has 2 aromatic rings. The first-order chi connectivity index (χ1) is 12.9. The van der Waals surface area contributed by atoms with Crippen molar-refractivity contribution in [3.8, 4) is 0 Å². The van der Waals surface area contributed by atoms with Crippen molar-refractivity contribution in [2.45, 2.75) is 25.3 Å². The Labute approximate surface area is 160 Å². The Morgan fingerprint density at radius 2 is 1.89 bits per heavy atom. The highest BCUT2D eigenvalue weighted by molar-refractivity contribution is 7.91. The van der Waals surface area contributed by atoms with Gasteiger partial charge in [-0.15, -0.1) is 0 Å². The van der Waals surface area contributed by atoms with Gasteiger partial charge in [0.15, 0.2) is 9.84 Å². The number of carbonyl (C=O) groups excluding carboxylic acids is 1. The molecule has 2 saturated heterocycles. The molecule has 0 unspecified atom stereocenters. The normalized spacial score (nSPS) is 23.1. The molecule has 0 spiro atoms. The fourth-order valence-electron chi connectivity index (χ4n) is 4.42. The summed E-state index contributed by atoms with van der Waals surface area (Å²) in [7, 11) is -0.816. The van der Waals surface area contributed by atoms with E-state index in [1.807, 2.05) is 24.1 Å². The van der Waals surface area contributed by atoms with Crippen LogP contribution in [-0.4, -0.2) is 72.4 Å². The number of hydrogen-bond donors (Lipinski definition) is 0. The van der Waals surface area contributed by atoms with Crippen molar-refractivity contribution in [3.63, 3.8) is 0 Å². The Morgan fingerprint density at radius 3 is 2.59 bits per heavy atom. The minimum Gasteiger partial charge on any atom is -0.350 e. The molecular weight excluding hydrogens is 362 g/mol. The number of benzene rings is 1. The van der Waals surface area contributed by atoms with Crippen LogP contribution in [0.3, 0.4) is 0 Å². The number of para-hydroxylation sites is 1. The van der Waals surface area contributed by atoms with Gasteiger partial charge in [-0.05, 0) is 24.5 Å². The number of carbonyl (C=O) groups is 1. The average Bonchev–Trinajstić information content (AvgIpc) is 3.19. The summed E-state index contributed by atoms with van der Waals surface area (Å²) in [6, 6.07) is 8.43. The molecule has 4 rings (SSSR count). The van der Waals surface area contributed by atoms with E-state index in [9.17, 15) is 13.2 Å². The Bertz CT molecular complexity index is 943. The van der Waals surface area contributed by atoms with Crippen molar-refractivity contribution in [1.29, 1.82) is 0 Å². The molecule has 1 atom stereocenters. The molecule has 0 bridgehead atoms. The molecule has 146 valence electrons. The van der Waals surface area contributed by atoms with Crippen LogP contribution in [0.1, 0.15) is 18.4 Å². The molecular formula is C20H27N3O3S. The van der Waals surface area contributed by atoms with Crippen LogP contribution in [0, 0.1) is 0 Å². The lowest BCUT2D eigenvalue weighted by Gasteiger charge is -2.37. The van der Waals surface area contributed by atoms with E-state index in [-0.39, 0.29) is 17.7 Å². The van der Waals surface area contributed by atoms with Crippen molar-refractivity contribution in [2.75, 3.05) is 37.7 Å². The van der Waals surface area contributed by atoms with Gasteiger partial charge >= 0.3 is 0 Å². The molecule has 6 nitrogen and oxygen atoms in total. The Hall–Kier alpha value is -1.86. The van der Waals surface area contributed by atoms with E-state index in [0.717, 1.165) is 25.9 Å². The SMILES string of the molecule is Cn1cc(CCC(=O)N2CCN([C@@H]3CCS(=O)(=O)C3)CC2)c2ccccc21. The van der Waals surface area contributed by atoms with Gasteiger partial charge in [0, 0.05) is 62.8 Å². The topological polar surface area (TPSA) is 62.6 Å². The van der Waals surface area contributed by atoms with Gasteiger partial charge in [0.2, 0.25) is 5.91 Å². The molecule has 3 heterocycles. The van der Waals surface area contributed by atoms with Crippen molar-refractivity contribution in [3.05, 3.63) is 36.0 Å². The van der Waals surface area contributed by atoms with Crippen LogP contribution in [-0.2, 0) is 28.1 Å². The van der Waals surface area contributed by atoms with Gasteiger partial charge in [-0.25, -0.2) is 8.42 Å². The largest absolute Gasteiger partial charge is 0.350 e. The maximum absolute atomic E-state index is 12.7. The Morgan fingerprint density at radius 1 is 1.15 bits per heavy atom. The van der Waals surface area contributed by atoms with Crippen LogP contribution >= 0.6 is 0 Å². The van der Waals surface area contributed by atoms with E-state index < -0.39 is 9.84 Å². The third kappa shape index (κ3) is 3.89. The van der Waals surface area contributed by atoms with Crippen LogP contribution in [0.25, 0.3) is 10.9 Å². The lowest BCUT2D eigenvalue weighted by atomic mass is 10.1. The number of hydrogen-bond acceptors (Lipinski definition) is 4. The summed E-state index contributed by atoms with van der Waals surface area (Å²) >= 11 is 0. The van der Waals surface area contributed by atoms with Gasteiger partial charge in [0.05, 0.1) is 11.5 Å². The summed E-state index contributed by atoms with van der Waals surface area (Å²) in [5, 5.41) is 1.22. The van der Waals surface area contributed by atoms with E-state index in [0.29, 0.717) is 25.3 Å². The van der Waals surface area contributed by atoms with Crippen LogP contribution < -0.4 is 0 Å². The first kappa shape index (κ1) is 18.5. The molecule has 2 fully saturated rings. The van der Waals surface area contributed by atoms with E-state index in [2.05, 4.69) is 27.8 Å². The lowest BCUT2D eigenvalue weighted by molar-refractivity contribution is -0.133. The summed E-state index contributed by atoms with van der Waals surface area (Å²) < 4.78 is 25.5. The third-order valence-electron chi connectivity index (χ3n) is 5.98. The fourth-order valence-corrected chi connectivity index (χ4v) is 6.19. The van der Waals surface area contributed by atoms with Crippen LogP contribution in [0.2, 0.25) is 0 Å². The third-order valence-corrected chi connectivity index (χ3v) is 7.73. The number of aryl methyl sites for hydroxylation is 2. The zero-order valence-electron chi connectivity index (χ0n) is 15.8. The van der Waals surface area contributed by atoms with Crippen LogP contribution in [0.5, 0.6) is 0 Å². The Kier molecular flexibility index (Phi) is 4.99. The molecule has 2 aliphatic rings. The standard InChI is InChI=1S/C20H27N3O3S/c1-21-14-16(18-4-2-3-5-19(18)21)6-7-20(24)23-11-9-22(10-12-23)17-8-13-27(25,26)15-17/h2-5,14,17H,6-13,15H2,1H3/t17-/m1/s1. The zero-order chi connectivity index (χ0) is 19.0. The van der Waals surface area contributed by atoms with Crippen LogP contribution in [0.15, 0.2) is 30.5 Å². The molecule has 2 aliphatic heterocycles. The fraction of sp³-hybridized carbons (Fsp3) is 0.550. The number of rotatable bonds is 4. The molecule has 7 heteroatoms. The first-order valence-electron chi connectivity index (χ1n) is 9.68. The van der Waals surface area contributed by atoms with Gasteiger partial charge in [-0.3, -0.25) is 9.69 Å². The van der Waals surface area contributed by atoms with E-state index in [1.54, 1.807) is 0 Å². The quantitative estimate of drug-likeness (QED) is 0.794. The summed E-state index contributed by atoms with van der Waals surface area (Å²) in [4.78, 5) is 16.8. The maximum atomic E-state index is 12.7. The van der Waals surface area contributed by atoms with Crippen molar-refractivity contribution in [1.82, 2.24) is 14.4 Å². The van der Waals surface area contributed by atoms with E-state index >= 15 is 0 Å². The second-order valence-corrected chi connectivity index (χ2v) is 9.98. The summed E-state index contributed by atoms with van der Waals surface area (Å²) in [6.07, 6.45) is 4.13. The van der Waals surface area contributed by atoms with Gasteiger partial charge in [0.1, 0.15) is 0 Å². The minimum atomic E-state index is -2.85. The van der Waals surface area contributed by atoms with Gasteiger partial charge in [-0.2, -0.15) is 0 Å². The second-order valence-electron chi connectivity index (χ2n) is 7.76. The van der Waals surface area contributed by atoms with E-state index in [1.165, 1.54) is 16.5 Å². The monoisotopic (exact) mass is 389 g/mol. The molecule has 0 aliphatic carbocycles. The number of amides is 1. The smallest absolute Gasteiger partial charge is 0.222 e. The number of piperazine rings is 1. The molecule has 0 N–H and O–H groups in total. The zero-order valence-corrected chi connectivity index (χ0v) is 16.6.